The molecule has 3 rings (SSSR count). The fourth-order valence-corrected chi connectivity index (χ4v) is 4.19. The molecule has 30 heavy (non-hydrogen) atoms. The predicted molar refractivity (Wildman–Crippen MR) is 113 cm³/mol. The number of likely N-dealkylation sites (N-methyl/N-ethyl adjacent to an activating group) is 1. The number of amides is 1. The molecule has 0 bridgehead atoms. The summed E-state index contributed by atoms with van der Waals surface area (Å²) >= 11 is 0. The van der Waals surface area contributed by atoms with E-state index in [9.17, 15) is 13.2 Å². The number of hydrogen-bond acceptors (Lipinski definition) is 6. The topological polar surface area (TPSA) is 97.0 Å². The van der Waals surface area contributed by atoms with E-state index in [4.69, 9.17) is 9.47 Å². The molecule has 1 heterocycles. The molecule has 2 aromatic carbocycles. The van der Waals surface area contributed by atoms with Crippen molar-refractivity contribution < 1.29 is 22.7 Å². The van der Waals surface area contributed by atoms with Gasteiger partial charge in [-0.15, -0.1) is 0 Å². The van der Waals surface area contributed by atoms with E-state index in [1.165, 1.54) is 12.1 Å². The average Bonchev–Trinajstić information content (AvgIpc) is 2.74. The van der Waals surface area contributed by atoms with Gasteiger partial charge in [-0.1, -0.05) is 30.3 Å². The van der Waals surface area contributed by atoms with Gasteiger partial charge in [0.15, 0.2) is 11.5 Å². The lowest BCUT2D eigenvalue weighted by atomic mass is 10.1. The Bertz CT molecular complexity index is 964. The fourth-order valence-electron chi connectivity index (χ4n) is 3.15. The second-order valence-corrected chi connectivity index (χ2v) is 8.91. The number of rotatable bonds is 9. The van der Waals surface area contributed by atoms with Gasteiger partial charge in [0.05, 0.1) is 10.9 Å². The molecule has 1 aliphatic heterocycles. The standard InChI is InChI=1S/C21H27N3O5S/c1-24(2)18(16-6-4-3-5-7-16)15-22-21(25)10-11-23-30(26,27)17-8-9-19-20(14-17)29-13-12-28-19/h3-9,14,18,23H,10-13,15H2,1-2H3,(H,22,25). The molecule has 0 saturated heterocycles. The Balaban J connectivity index is 1.50. The van der Waals surface area contributed by atoms with Crippen LogP contribution in [0, 0.1) is 0 Å². The number of nitrogens with zero attached hydrogens (tertiary/aromatic N) is 1. The van der Waals surface area contributed by atoms with Gasteiger partial charge in [-0.3, -0.25) is 4.79 Å². The van der Waals surface area contributed by atoms with Crippen LogP contribution in [-0.2, 0) is 14.8 Å². The Labute approximate surface area is 177 Å². The highest BCUT2D eigenvalue weighted by Gasteiger charge is 2.20. The Morgan fingerprint density at radius 2 is 1.77 bits per heavy atom. The molecule has 162 valence electrons. The van der Waals surface area contributed by atoms with E-state index in [-0.39, 0.29) is 29.8 Å². The number of carbonyl (C=O) groups excluding carboxylic acids is 1. The Hall–Kier alpha value is -2.62. The molecule has 0 fully saturated rings. The van der Waals surface area contributed by atoms with E-state index >= 15 is 0 Å². The zero-order chi connectivity index (χ0) is 21.6. The van der Waals surface area contributed by atoms with Gasteiger partial charge < -0.3 is 19.7 Å². The molecule has 0 spiro atoms. The van der Waals surface area contributed by atoms with Crippen molar-refractivity contribution in [1.29, 1.82) is 0 Å². The summed E-state index contributed by atoms with van der Waals surface area (Å²) in [4.78, 5) is 14.3. The SMILES string of the molecule is CN(C)C(CNC(=O)CCNS(=O)(=O)c1ccc2c(c1)OCCO2)c1ccccc1. The Morgan fingerprint density at radius 1 is 1.07 bits per heavy atom. The van der Waals surface area contributed by atoms with Crippen LogP contribution in [-0.4, -0.2) is 59.6 Å². The lowest BCUT2D eigenvalue weighted by Crippen LogP contribution is -2.36. The number of benzene rings is 2. The minimum Gasteiger partial charge on any atom is -0.486 e. The molecule has 9 heteroatoms. The summed E-state index contributed by atoms with van der Waals surface area (Å²) in [5.74, 6) is 0.702. The van der Waals surface area contributed by atoms with Crippen LogP contribution in [0.15, 0.2) is 53.4 Å². The first-order valence-corrected chi connectivity index (χ1v) is 11.2. The van der Waals surface area contributed by atoms with Gasteiger partial charge in [-0.05, 0) is 31.8 Å². The molecule has 8 nitrogen and oxygen atoms in total. The lowest BCUT2D eigenvalue weighted by Gasteiger charge is -2.25. The summed E-state index contributed by atoms with van der Waals surface area (Å²) in [7, 11) is 0.148. The smallest absolute Gasteiger partial charge is 0.240 e. The third-order valence-electron chi connectivity index (χ3n) is 4.77. The summed E-state index contributed by atoms with van der Waals surface area (Å²) in [6.07, 6.45) is 0.0404. The van der Waals surface area contributed by atoms with Crippen LogP contribution in [0.4, 0.5) is 0 Å². The maximum atomic E-state index is 12.5. The molecule has 2 N–H and O–H groups in total. The fraction of sp³-hybridized carbons (Fsp3) is 0.381. The number of hydrogen-bond donors (Lipinski definition) is 2. The van der Waals surface area contributed by atoms with Crippen LogP contribution in [0.25, 0.3) is 0 Å². The minimum atomic E-state index is -3.75. The van der Waals surface area contributed by atoms with Crippen molar-refractivity contribution >= 4 is 15.9 Å². The summed E-state index contributed by atoms with van der Waals surface area (Å²) in [6.45, 7) is 1.25. The number of sulfonamides is 1. The molecule has 0 aliphatic carbocycles. The summed E-state index contributed by atoms with van der Waals surface area (Å²) < 4.78 is 38.3. The molecule has 0 aromatic heterocycles. The predicted octanol–water partition coefficient (Wildman–Crippen LogP) is 1.55. The largest absolute Gasteiger partial charge is 0.486 e. The van der Waals surface area contributed by atoms with E-state index in [0.717, 1.165) is 5.56 Å². The van der Waals surface area contributed by atoms with E-state index < -0.39 is 10.0 Å². The molecule has 0 radical (unpaired) electrons. The lowest BCUT2D eigenvalue weighted by molar-refractivity contribution is -0.121. The van der Waals surface area contributed by atoms with E-state index in [1.54, 1.807) is 6.07 Å². The van der Waals surface area contributed by atoms with Crippen molar-refractivity contribution in [2.24, 2.45) is 0 Å². The maximum absolute atomic E-state index is 12.5. The molecule has 1 aliphatic rings. The second kappa shape index (κ2) is 9.92. The molecule has 0 saturated carbocycles. The number of ether oxygens (including phenoxy) is 2. The average molecular weight is 434 g/mol. The summed E-state index contributed by atoms with van der Waals surface area (Å²) in [5, 5.41) is 2.88. The third kappa shape index (κ3) is 5.71. The highest BCUT2D eigenvalue weighted by molar-refractivity contribution is 7.89. The monoisotopic (exact) mass is 433 g/mol. The molecule has 1 amide bonds. The first-order chi connectivity index (χ1) is 14.4. The zero-order valence-corrected chi connectivity index (χ0v) is 17.9. The van der Waals surface area contributed by atoms with Gasteiger partial charge >= 0.3 is 0 Å². The summed E-state index contributed by atoms with van der Waals surface area (Å²) in [5.41, 5.74) is 1.10. The highest BCUT2D eigenvalue weighted by atomic mass is 32.2. The molecular weight excluding hydrogens is 406 g/mol. The Kier molecular flexibility index (Phi) is 7.30. The summed E-state index contributed by atoms with van der Waals surface area (Å²) in [6, 6.07) is 14.4. The van der Waals surface area contributed by atoms with Crippen molar-refractivity contribution in [2.75, 3.05) is 40.4 Å². The van der Waals surface area contributed by atoms with Crippen molar-refractivity contribution in [3.05, 3.63) is 54.1 Å². The van der Waals surface area contributed by atoms with Gasteiger partial charge in [-0.2, -0.15) is 0 Å². The maximum Gasteiger partial charge on any atom is 0.240 e. The molecule has 1 unspecified atom stereocenters. The van der Waals surface area contributed by atoms with Gasteiger partial charge in [-0.25, -0.2) is 13.1 Å². The van der Waals surface area contributed by atoms with Crippen molar-refractivity contribution in [2.45, 2.75) is 17.4 Å². The molecule has 2 aromatic rings. The van der Waals surface area contributed by atoms with Crippen LogP contribution in [0.5, 0.6) is 11.5 Å². The quantitative estimate of drug-likeness (QED) is 0.623. The highest BCUT2D eigenvalue weighted by Crippen LogP contribution is 2.32. The van der Waals surface area contributed by atoms with Crippen LogP contribution in [0.2, 0.25) is 0 Å². The van der Waals surface area contributed by atoms with E-state index in [1.807, 2.05) is 49.3 Å². The van der Waals surface area contributed by atoms with E-state index in [0.29, 0.717) is 31.3 Å². The van der Waals surface area contributed by atoms with Crippen LogP contribution < -0.4 is 19.5 Å². The normalized spacial score (nSPS) is 14.4. The molecular formula is C21H27N3O5S. The van der Waals surface area contributed by atoms with Crippen LogP contribution in [0.1, 0.15) is 18.0 Å². The van der Waals surface area contributed by atoms with E-state index in [2.05, 4.69) is 10.0 Å². The first kappa shape index (κ1) is 22.1. The van der Waals surface area contributed by atoms with Crippen LogP contribution in [0.3, 0.4) is 0 Å². The zero-order valence-electron chi connectivity index (χ0n) is 17.1. The molecule has 1 atom stereocenters. The van der Waals surface area contributed by atoms with Gasteiger partial charge in [0, 0.05) is 25.6 Å². The Morgan fingerprint density at radius 3 is 2.47 bits per heavy atom. The van der Waals surface area contributed by atoms with Crippen molar-refractivity contribution in [1.82, 2.24) is 14.9 Å². The van der Waals surface area contributed by atoms with Gasteiger partial charge in [0.1, 0.15) is 13.2 Å². The van der Waals surface area contributed by atoms with Crippen molar-refractivity contribution in [3.8, 4) is 11.5 Å². The van der Waals surface area contributed by atoms with Gasteiger partial charge in [0.2, 0.25) is 15.9 Å². The second-order valence-electron chi connectivity index (χ2n) is 7.15. The minimum absolute atomic E-state index is 0.000572. The third-order valence-corrected chi connectivity index (χ3v) is 6.23. The van der Waals surface area contributed by atoms with Crippen LogP contribution >= 0.6 is 0 Å². The number of carbonyl (C=O) groups is 1. The number of nitrogens with one attached hydrogen (secondary N) is 2. The first-order valence-electron chi connectivity index (χ1n) is 9.74. The van der Waals surface area contributed by atoms with Crippen molar-refractivity contribution in [3.63, 3.8) is 0 Å². The van der Waals surface area contributed by atoms with Gasteiger partial charge in [0.25, 0.3) is 0 Å². The number of fused-ring (bicyclic) bond motifs is 1.